The summed E-state index contributed by atoms with van der Waals surface area (Å²) >= 11 is 0. The van der Waals surface area contributed by atoms with Gasteiger partial charge in [-0.2, -0.15) is 0 Å². The molecule has 0 unspecified atom stereocenters. The van der Waals surface area contributed by atoms with Crippen LogP contribution in [0.2, 0.25) is 0 Å². The summed E-state index contributed by atoms with van der Waals surface area (Å²) in [6.07, 6.45) is 2.93. The van der Waals surface area contributed by atoms with Gasteiger partial charge in [-0.3, -0.25) is 0 Å². The van der Waals surface area contributed by atoms with Crippen LogP contribution in [-0.4, -0.2) is 5.11 Å². The van der Waals surface area contributed by atoms with Crippen molar-refractivity contribution in [2.75, 3.05) is 0 Å². The average molecular weight is 147 g/mol. The minimum atomic E-state index is 0.183. The first-order valence-corrected chi connectivity index (χ1v) is 3.35. The molecular formula is C9H7O2+. The third kappa shape index (κ3) is 0.923. The summed E-state index contributed by atoms with van der Waals surface area (Å²) in [6, 6.07) is 7.51. The molecule has 1 aromatic carbocycles. The number of hydrogen-bond acceptors (Lipinski definition) is 1. The highest BCUT2D eigenvalue weighted by atomic mass is 16.3. The van der Waals surface area contributed by atoms with E-state index in [9.17, 15) is 5.11 Å². The van der Waals surface area contributed by atoms with Crippen molar-refractivity contribution >= 4 is 10.8 Å². The molecule has 0 aliphatic heterocycles. The van der Waals surface area contributed by atoms with E-state index in [4.69, 9.17) is 4.42 Å². The Balaban J connectivity index is 2.91. The van der Waals surface area contributed by atoms with Crippen LogP contribution in [0.4, 0.5) is 0 Å². The van der Waals surface area contributed by atoms with E-state index in [1.54, 1.807) is 6.26 Å². The first kappa shape index (κ1) is 6.16. The molecule has 11 heavy (non-hydrogen) atoms. The van der Waals surface area contributed by atoms with Crippen molar-refractivity contribution in [3.8, 4) is 5.75 Å². The van der Waals surface area contributed by atoms with Crippen LogP contribution in [-0.2, 0) is 0 Å². The number of hydrogen-bond donors (Lipinski definition) is 1. The maximum atomic E-state index is 9.28. The van der Waals surface area contributed by atoms with Crippen LogP contribution in [0.1, 0.15) is 0 Å². The summed E-state index contributed by atoms with van der Waals surface area (Å²) in [6.45, 7) is 0. The Morgan fingerprint density at radius 3 is 2.73 bits per heavy atom. The quantitative estimate of drug-likeness (QED) is 0.580. The fourth-order valence-corrected chi connectivity index (χ4v) is 1.07. The van der Waals surface area contributed by atoms with Crippen LogP contribution in [0.15, 0.2) is 41.2 Å². The molecule has 0 radical (unpaired) electrons. The van der Waals surface area contributed by atoms with Gasteiger partial charge in [0.2, 0.25) is 5.75 Å². The van der Waals surface area contributed by atoms with E-state index in [0.29, 0.717) is 0 Å². The molecule has 0 fully saturated rings. The van der Waals surface area contributed by atoms with Crippen LogP contribution in [0.3, 0.4) is 0 Å². The maximum Gasteiger partial charge on any atom is 0.359 e. The molecule has 2 heteroatoms. The molecule has 0 atom stereocenters. The molecule has 54 valence electrons. The second kappa shape index (κ2) is 2.23. The molecule has 2 nitrogen and oxygen atoms in total. The van der Waals surface area contributed by atoms with Gasteiger partial charge >= 0.3 is 12.5 Å². The van der Waals surface area contributed by atoms with Crippen LogP contribution in [0.5, 0.6) is 5.75 Å². The highest BCUT2D eigenvalue weighted by Gasteiger charge is 2.04. The Morgan fingerprint density at radius 1 is 1.09 bits per heavy atom. The minimum Gasteiger partial charge on any atom is -0.500 e. The van der Waals surface area contributed by atoms with Gasteiger partial charge in [-0.05, 0) is 12.1 Å². The second-order valence-electron chi connectivity index (χ2n) is 2.34. The van der Waals surface area contributed by atoms with Crippen LogP contribution >= 0.6 is 0 Å². The lowest BCUT2D eigenvalue weighted by Crippen LogP contribution is -1.70. The highest BCUT2D eigenvalue weighted by Crippen LogP contribution is 2.22. The molecule has 0 amide bonds. The number of aromatic hydroxyl groups is 1. The molecule has 1 N–H and O–H groups in total. The van der Waals surface area contributed by atoms with E-state index >= 15 is 0 Å². The number of benzene rings is 1. The third-order valence-electron chi connectivity index (χ3n) is 1.61. The first-order valence-electron chi connectivity index (χ1n) is 3.35. The van der Waals surface area contributed by atoms with E-state index in [1.807, 2.05) is 24.3 Å². The molecule has 0 aliphatic carbocycles. The first-order chi connectivity index (χ1) is 5.38. The molecule has 0 aliphatic rings. The van der Waals surface area contributed by atoms with Crippen molar-refractivity contribution in [1.29, 1.82) is 0 Å². The topological polar surface area (TPSA) is 31.5 Å². The second-order valence-corrected chi connectivity index (χ2v) is 2.34. The van der Waals surface area contributed by atoms with Gasteiger partial charge in [0, 0.05) is 5.39 Å². The van der Waals surface area contributed by atoms with Gasteiger partial charge in [0.15, 0.2) is 0 Å². The van der Waals surface area contributed by atoms with Gasteiger partial charge in [0.1, 0.15) is 0 Å². The molecule has 2 aromatic rings. The van der Waals surface area contributed by atoms with Gasteiger partial charge in [-0.15, -0.1) is 0 Å². The van der Waals surface area contributed by atoms with E-state index in [2.05, 4.69) is 0 Å². The zero-order valence-electron chi connectivity index (χ0n) is 5.82. The lowest BCUT2D eigenvalue weighted by Gasteiger charge is -1.90. The fraction of sp³-hybridized carbons (Fsp3) is 0. The third-order valence-corrected chi connectivity index (χ3v) is 1.61. The lowest BCUT2D eigenvalue weighted by atomic mass is 10.2. The monoisotopic (exact) mass is 147 g/mol. The summed E-state index contributed by atoms with van der Waals surface area (Å²) in [5.41, 5.74) is 0. The molecule has 1 aromatic heterocycles. The standard InChI is InChI=1S/C9H6O2/c10-9-6-11-5-7-3-1-2-4-8(7)9/h1-6H/p+1. The summed E-state index contributed by atoms with van der Waals surface area (Å²) in [4.78, 5) is 0. The van der Waals surface area contributed by atoms with E-state index < -0.39 is 0 Å². The predicted octanol–water partition coefficient (Wildman–Crippen LogP) is 2.42. The Labute approximate surface area is 63.7 Å². The average Bonchev–Trinajstić information content (AvgIpc) is 2.06. The van der Waals surface area contributed by atoms with Crippen LogP contribution < -0.4 is 0 Å². The molecule has 0 saturated carbocycles. The predicted molar refractivity (Wildman–Crippen MR) is 42.3 cm³/mol. The normalized spacial score (nSPS) is 10.2. The van der Waals surface area contributed by atoms with Gasteiger partial charge in [0.05, 0.1) is 5.39 Å². The zero-order chi connectivity index (χ0) is 7.68. The van der Waals surface area contributed by atoms with Crippen molar-refractivity contribution < 1.29 is 9.52 Å². The summed E-state index contributed by atoms with van der Waals surface area (Å²) in [5, 5.41) is 11.0. The zero-order valence-corrected chi connectivity index (χ0v) is 5.82. The largest absolute Gasteiger partial charge is 0.500 e. The Hall–Kier alpha value is -1.57. The van der Waals surface area contributed by atoms with E-state index in [0.717, 1.165) is 10.8 Å². The van der Waals surface area contributed by atoms with Crippen LogP contribution in [0.25, 0.3) is 10.8 Å². The summed E-state index contributed by atoms with van der Waals surface area (Å²) < 4.78 is 4.87. The SMILES string of the molecule is Oc1c[o+]cc2ccccc12. The molecule has 1 heterocycles. The van der Waals surface area contributed by atoms with Crippen molar-refractivity contribution in [3.63, 3.8) is 0 Å². The van der Waals surface area contributed by atoms with Crippen molar-refractivity contribution in [2.24, 2.45) is 0 Å². The number of rotatable bonds is 0. The fourth-order valence-electron chi connectivity index (χ4n) is 1.07. The molecule has 2 rings (SSSR count). The summed E-state index contributed by atoms with van der Waals surface area (Å²) in [7, 11) is 0. The van der Waals surface area contributed by atoms with Crippen LogP contribution in [0, 0.1) is 0 Å². The van der Waals surface area contributed by atoms with Crippen molar-refractivity contribution in [1.82, 2.24) is 0 Å². The molecule has 0 spiro atoms. The Kier molecular flexibility index (Phi) is 1.25. The Bertz CT molecular complexity index is 377. The molecular weight excluding hydrogens is 140 g/mol. The maximum absolute atomic E-state index is 9.28. The Morgan fingerprint density at radius 2 is 1.91 bits per heavy atom. The smallest absolute Gasteiger partial charge is 0.359 e. The molecule has 0 bridgehead atoms. The summed E-state index contributed by atoms with van der Waals surface area (Å²) in [5.74, 6) is 0.183. The molecule has 0 saturated heterocycles. The lowest BCUT2D eigenvalue weighted by molar-refractivity contribution is 0.443. The van der Waals surface area contributed by atoms with Gasteiger partial charge < -0.3 is 5.11 Å². The highest BCUT2D eigenvalue weighted by molar-refractivity contribution is 5.86. The minimum absolute atomic E-state index is 0.183. The van der Waals surface area contributed by atoms with Gasteiger partial charge in [0.25, 0.3) is 0 Å². The van der Waals surface area contributed by atoms with Crippen molar-refractivity contribution in [2.45, 2.75) is 0 Å². The van der Waals surface area contributed by atoms with Gasteiger partial charge in [-0.1, -0.05) is 12.1 Å². The number of fused-ring (bicyclic) bond motifs is 1. The van der Waals surface area contributed by atoms with E-state index in [-0.39, 0.29) is 5.75 Å². The van der Waals surface area contributed by atoms with Gasteiger partial charge in [-0.25, -0.2) is 4.42 Å². The van der Waals surface area contributed by atoms with E-state index in [1.165, 1.54) is 6.26 Å². The van der Waals surface area contributed by atoms with Crippen molar-refractivity contribution in [3.05, 3.63) is 36.8 Å².